The molecular formula is C8H15N3OS. The van der Waals surface area contributed by atoms with Gasteiger partial charge in [0, 0.05) is 48.8 Å². The predicted octanol–water partition coefficient (Wildman–Crippen LogP) is 0.693. The molecule has 0 saturated carbocycles. The van der Waals surface area contributed by atoms with Crippen LogP contribution in [-0.4, -0.2) is 32.8 Å². The Balaban J connectivity index is 2.40. The average molecular weight is 201 g/mol. The quantitative estimate of drug-likeness (QED) is 0.762. The van der Waals surface area contributed by atoms with Gasteiger partial charge in [-0.25, -0.2) is 4.98 Å². The lowest BCUT2D eigenvalue weighted by Crippen LogP contribution is -2.05. The smallest absolute Gasteiger partial charge is 0.202 e. The summed E-state index contributed by atoms with van der Waals surface area (Å²) in [5.41, 5.74) is 0. The third-order valence-electron chi connectivity index (χ3n) is 1.77. The van der Waals surface area contributed by atoms with E-state index in [1.807, 2.05) is 17.8 Å². The lowest BCUT2D eigenvalue weighted by atomic mass is 10.5. The molecule has 0 amide bonds. The van der Waals surface area contributed by atoms with Crippen molar-refractivity contribution >= 4 is 16.7 Å². The van der Waals surface area contributed by atoms with Crippen LogP contribution >= 0.6 is 0 Å². The Hall–Kier alpha value is -0.840. The van der Waals surface area contributed by atoms with Gasteiger partial charge < -0.3 is 9.88 Å². The molecule has 0 fully saturated rings. The van der Waals surface area contributed by atoms with Gasteiger partial charge in [-0.1, -0.05) is 0 Å². The largest absolute Gasteiger partial charge is 0.359 e. The molecule has 0 aromatic carbocycles. The first-order chi connectivity index (χ1) is 6.24. The molecule has 5 heteroatoms. The summed E-state index contributed by atoms with van der Waals surface area (Å²) in [6.45, 7) is 0.871. The first-order valence-corrected chi connectivity index (χ1v) is 5.95. The molecule has 0 bridgehead atoms. The van der Waals surface area contributed by atoms with E-state index in [0.717, 1.165) is 24.7 Å². The van der Waals surface area contributed by atoms with E-state index in [2.05, 4.69) is 10.3 Å². The minimum absolute atomic E-state index is 0.690. The third-order valence-corrected chi connectivity index (χ3v) is 2.63. The Bertz CT molecular complexity index is 285. The number of hydrogen-bond acceptors (Lipinski definition) is 3. The molecule has 1 N–H and O–H groups in total. The Morgan fingerprint density at radius 3 is 3.08 bits per heavy atom. The highest BCUT2D eigenvalue weighted by Crippen LogP contribution is 2.03. The van der Waals surface area contributed by atoms with Crippen LogP contribution < -0.4 is 5.32 Å². The highest BCUT2D eigenvalue weighted by Gasteiger charge is 1.99. The summed E-state index contributed by atoms with van der Waals surface area (Å²) < 4.78 is 12.8. The van der Waals surface area contributed by atoms with Crippen molar-refractivity contribution < 1.29 is 4.21 Å². The molecule has 1 aromatic rings. The van der Waals surface area contributed by atoms with Gasteiger partial charge in [0.1, 0.15) is 0 Å². The van der Waals surface area contributed by atoms with Gasteiger partial charge in [0.05, 0.1) is 0 Å². The fourth-order valence-corrected chi connectivity index (χ4v) is 1.69. The second kappa shape index (κ2) is 5.01. The Labute approximate surface area is 80.8 Å². The zero-order valence-corrected chi connectivity index (χ0v) is 8.80. The molecule has 0 spiro atoms. The molecule has 0 radical (unpaired) electrons. The minimum atomic E-state index is -0.690. The molecule has 13 heavy (non-hydrogen) atoms. The van der Waals surface area contributed by atoms with Gasteiger partial charge in [-0.15, -0.1) is 0 Å². The topological polar surface area (TPSA) is 46.9 Å². The van der Waals surface area contributed by atoms with Crippen LogP contribution in [0, 0.1) is 0 Å². The van der Waals surface area contributed by atoms with Crippen molar-refractivity contribution in [1.29, 1.82) is 0 Å². The highest BCUT2D eigenvalue weighted by molar-refractivity contribution is 7.84. The molecule has 1 atom stereocenters. The van der Waals surface area contributed by atoms with Gasteiger partial charge in [-0.05, 0) is 6.42 Å². The van der Waals surface area contributed by atoms with Crippen LogP contribution in [0.25, 0.3) is 0 Å². The highest BCUT2D eigenvalue weighted by atomic mass is 32.2. The summed E-state index contributed by atoms with van der Waals surface area (Å²) in [6, 6.07) is 0. The van der Waals surface area contributed by atoms with E-state index in [1.54, 1.807) is 12.5 Å². The summed E-state index contributed by atoms with van der Waals surface area (Å²) in [6.07, 6.45) is 6.33. The summed E-state index contributed by atoms with van der Waals surface area (Å²) in [5, 5.41) is 2.99. The molecule has 0 aliphatic heterocycles. The molecule has 74 valence electrons. The number of nitrogens with one attached hydrogen (secondary N) is 1. The van der Waals surface area contributed by atoms with Gasteiger partial charge >= 0.3 is 0 Å². The minimum Gasteiger partial charge on any atom is -0.359 e. The molecule has 0 aliphatic carbocycles. The molecule has 1 unspecified atom stereocenters. The van der Waals surface area contributed by atoms with Crippen molar-refractivity contribution in [3.63, 3.8) is 0 Å². The van der Waals surface area contributed by atoms with E-state index in [-0.39, 0.29) is 0 Å². The van der Waals surface area contributed by atoms with Crippen LogP contribution in [0.5, 0.6) is 0 Å². The maximum atomic E-state index is 10.8. The van der Waals surface area contributed by atoms with Crippen LogP contribution in [-0.2, 0) is 17.3 Å². The van der Waals surface area contributed by atoms with Crippen LogP contribution in [0.15, 0.2) is 12.4 Å². The number of anilines is 1. The first-order valence-electron chi connectivity index (χ1n) is 4.23. The zero-order valence-electron chi connectivity index (χ0n) is 7.99. The fourth-order valence-electron chi connectivity index (χ4n) is 1.16. The molecule has 1 rings (SSSR count). The van der Waals surface area contributed by atoms with Crippen molar-refractivity contribution in [2.45, 2.75) is 13.0 Å². The fraction of sp³-hybridized carbons (Fsp3) is 0.625. The number of aryl methyl sites for hydroxylation is 1. The van der Waals surface area contributed by atoms with E-state index in [9.17, 15) is 4.21 Å². The van der Waals surface area contributed by atoms with Crippen LogP contribution in [0.2, 0.25) is 0 Å². The number of nitrogens with zero attached hydrogens (tertiary/aromatic N) is 2. The van der Waals surface area contributed by atoms with Gasteiger partial charge in [-0.2, -0.15) is 0 Å². The van der Waals surface area contributed by atoms with E-state index in [1.165, 1.54) is 0 Å². The molecule has 1 heterocycles. The van der Waals surface area contributed by atoms with E-state index < -0.39 is 10.8 Å². The number of aromatic nitrogens is 2. The number of hydrogen-bond donors (Lipinski definition) is 1. The maximum absolute atomic E-state index is 10.8. The van der Waals surface area contributed by atoms with Gasteiger partial charge in [0.25, 0.3) is 0 Å². The predicted molar refractivity (Wildman–Crippen MR) is 55.3 cm³/mol. The lowest BCUT2D eigenvalue weighted by molar-refractivity contribution is 0.663. The summed E-state index contributed by atoms with van der Waals surface area (Å²) in [5.74, 6) is 1.61. The normalized spacial score (nSPS) is 12.8. The van der Waals surface area contributed by atoms with Crippen LogP contribution in [0.1, 0.15) is 6.42 Å². The Morgan fingerprint density at radius 1 is 1.69 bits per heavy atom. The zero-order chi connectivity index (χ0) is 9.68. The monoisotopic (exact) mass is 201 g/mol. The SMILES string of the molecule is CNc1nccn1CCCS(C)=O. The van der Waals surface area contributed by atoms with Gasteiger partial charge in [0.2, 0.25) is 5.95 Å². The summed E-state index contributed by atoms with van der Waals surface area (Å²) >= 11 is 0. The van der Waals surface area contributed by atoms with E-state index in [4.69, 9.17) is 0 Å². The third kappa shape index (κ3) is 3.18. The summed E-state index contributed by atoms with van der Waals surface area (Å²) in [4.78, 5) is 4.11. The number of rotatable bonds is 5. The molecular weight excluding hydrogens is 186 g/mol. The van der Waals surface area contributed by atoms with Crippen molar-refractivity contribution in [1.82, 2.24) is 9.55 Å². The summed E-state index contributed by atoms with van der Waals surface area (Å²) in [7, 11) is 1.15. The second-order valence-corrected chi connectivity index (χ2v) is 4.38. The maximum Gasteiger partial charge on any atom is 0.202 e. The van der Waals surface area contributed by atoms with Gasteiger partial charge in [0.15, 0.2) is 0 Å². The molecule has 1 aromatic heterocycles. The number of imidazole rings is 1. The molecule has 0 aliphatic rings. The van der Waals surface area contributed by atoms with Crippen molar-refractivity contribution in [2.24, 2.45) is 0 Å². The molecule has 0 saturated heterocycles. The Kier molecular flexibility index (Phi) is 3.95. The van der Waals surface area contributed by atoms with Crippen molar-refractivity contribution in [2.75, 3.05) is 24.4 Å². The van der Waals surface area contributed by atoms with E-state index >= 15 is 0 Å². The average Bonchev–Trinajstić information content (AvgIpc) is 2.51. The second-order valence-electron chi connectivity index (χ2n) is 2.83. The van der Waals surface area contributed by atoms with Crippen molar-refractivity contribution in [3.8, 4) is 0 Å². The first kappa shape index (κ1) is 10.2. The lowest BCUT2D eigenvalue weighted by Gasteiger charge is -2.05. The van der Waals surface area contributed by atoms with Crippen LogP contribution in [0.3, 0.4) is 0 Å². The Morgan fingerprint density at radius 2 is 2.46 bits per heavy atom. The van der Waals surface area contributed by atoms with Gasteiger partial charge in [-0.3, -0.25) is 4.21 Å². The molecule has 4 nitrogen and oxygen atoms in total. The van der Waals surface area contributed by atoms with Crippen molar-refractivity contribution in [3.05, 3.63) is 12.4 Å². The van der Waals surface area contributed by atoms with Crippen LogP contribution in [0.4, 0.5) is 5.95 Å². The standard InChI is InChI=1S/C8H15N3OS/c1-9-8-10-4-6-11(8)5-3-7-13(2)12/h4,6H,3,5,7H2,1-2H3,(H,9,10). The van der Waals surface area contributed by atoms with E-state index in [0.29, 0.717) is 0 Å².